The predicted molar refractivity (Wildman–Crippen MR) is 114 cm³/mol. The fourth-order valence-corrected chi connectivity index (χ4v) is 4.58. The molecule has 0 aliphatic carbocycles. The number of nitrogens with zero attached hydrogens (tertiary/aromatic N) is 3. The molecular weight excluding hydrogens is 408 g/mol. The van der Waals surface area contributed by atoms with Crippen molar-refractivity contribution in [3.05, 3.63) is 58.2 Å². The lowest BCUT2D eigenvalue weighted by atomic mass is 10.2. The van der Waals surface area contributed by atoms with Crippen LogP contribution in [0.25, 0.3) is 16.2 Å². The van der Waals surface area contributed by atoms with E-state index < -0.39 is 0 Å². The highest BCUT2D eigenvalue weighted by molar-refractivity contribution is 7.19. The van der Waals surface area contributed by atoms with Gasteiger partial charge in [-0.25, -0.2) is 9.97 Å². The summed E-state index contributed by atoms with van der Waals surface area (Å²) in [6.07, 6.45) is 2.03. The smallest absolute Gasteiger partial charge is 0.311 e. The summed E-state index contributed by atoms with van der Waals surface area (Å²) in [5.41, 5.74) is 3.30. The SMILES string of the molecule is CCOC(=O)Cc1csc(NC(=O)c2sc3nc(-c4ccccc4)cn3c2C)n1. The maximum absolute atomic E-state index is 12.7. The molecule has 7 nitrogen and oxygen atoms in total. The molecule has 3 aromatic heterocycles. The van der Waals surface area contributed by atoms with Gasteiger partial charge in [0.15, 0.2) is 10.1 Å². The number of ether oxygens (including phenoxy) is 1. The summed E-state index contributed by atoms with van der Waals surface area (Å²) in [7, 11) is 0. The van der Waals surface area contributed by atoms with Crippen molar-refractivity contribution in [3.8, 4) is 11.3 Å². The van der Waals surface area contributed by atoms with Crippen LogP contribution in [0.2, 0.25) is 0 Å². The third kappa shape index (κ3) is 4.06. The standard InChI is InChI=1S/C20H18N4O3S2/c1-3-27-16(25)9-14-11-28-19(21-14)23-18(26)17-12(2)24-10-15(22-20(24)29-17)13-7-5-4-6-8-13/h4-8,10-11H,3,9H2,1-2H3,(H,21,23,26). The second-order valence-electron chi connectivity index (χ2n) is 6.24. The maximum Gasteiger partial charge on any atom is 0.311 e. The molecule has 0 bridgehead atoms. The Labute approximate surface area is 175 Å². The average Bonchev–Trinajstić information content (AvgIpc) is 3.39. The van der Waals surface area contributed by atoms with Crippen molar-refractivity contribution in [1.29, 1.82) is 0 Å². The first kappa shape index (κ1) is 19.3. The van der Waals surface area contributed by atoms with E-state index in [2.05, 4.69) is 15.3 Å². The molecule has 0 aliphatic rings. The summed E-state index contributed by atoms with van der Waals surface area (Å²) in [5, 5.41) is 5.00. The van der Waals surface area contributed by atoms with E-state index in [1.54, 1.807) is 12.3 Å². The molecule has 148 valence electrons. The van der Waals surface area contributed by atoms with Crippen molar-refractivity contribution < 1.29 is 14.3 Å². The van der Waals surface area contributed by atoms with Gasteiger partial charge in [-0.3, -0.25) is 19.3 Å². The van der Waals surface area contributed by atoms with E-state index in [0.717, 1.165) is 21.9 Å². The Morgan fingerprint density at radius 3 is 2.72 bits per heavy atom. The zero-order valence-corrected chi connectivity index (χ0v) is 17.5. The van der Waals surface area contributed by atoms with Crippen LogP contribution >= 0.6 is 22.7 Å². The number of aromatic nitrogens is 3. The van der Waals surface area contributed by atoms with Gasteiger partial charge in [0.05, 0.1) is 24.4 Å². The lowest BCUT2D eigenvalue weighted by Gasteiger charge is -2.01. The molecule has 1 amide bonds. The van der Waals surface area contributed by atoms with Crippen molar-refractivity contribution in [2.45, 2.75) is 20.3 Å². The number of carbonyl (C=O) groups excluding carboxylic acids is 2. The molecule has 3 heterocycles. The van der Waals surface area contributed by atoms with E-state index in [1.807, 2.05) is 47.9 Å². The number of hydrogen-bond donors (Lipinski definition) is 1. The molecule has 0 unspecified atom stereocenters. The van der Waals surface area contributed by atoms with E-state index in [9.17, 15) is 9.59 Å². The Balaban J connectivity index is 1.50. The number of nitrogens with one attached hydrogen (secondary N) is 1. The number of amides is 1. The van der Waals surface area contributed by atoms with Crippen LogP contribution in [0, 0.1) is 6.92 Å². The van der Waals surface area contributed by atoms with Crippen molar-refractivity contribution in [1.82, 2.24) is 14.4 Å². The normalized spacial score (nSPS) is 11.0. The van der Waals surface area contributed by atoms with E-state index in [0.29, 0.717) is 22.3 Å². The topological polar surface area (TPSA) is 85.6 Å². The third-order valence-electron chi connectivity index (χ3n) is 4.24. The highest BCUT2D eigenvalue weighted by Gasteiger charge is 2.19. The van der Waals surface area contributed by atoms with Gasteiger partial charge in [0.1, 0.15) is 4.88 Å². The van der Waals surface area contributed by atoms with Crippen LogP contribution in [0.15, 0.2) is 41.9 Å². The molecule has 0 fully saturated rings. The van der Waals surface area contributed by atoms with Crippen LogP contribution in [-0.4, -0.2) is 32.9 Å². The minimum Gasteiger partial charge on any atom is -0.466 e. The number of fused-ring (bicyclic) bond motifs is 1. The number of hydrogen-bond acceptors (Lipinski definition) is 7. The van der Waals surface area contributed by atoms with Gasteiger partial charge in [0.25, 0.3) is 5.91 Å². The largest absolute Gasteiger partial charge is 0.466 e. The van der Waals surface area contributed by atoms with Crippen LogP contribution in [0.1, 0.15) is 28.0 Å². The fraction of sp³-hybridized carbons (Fsp3) is 0.200. The molecular formula is C20H18N4O3S2. The first-order chi connectivity index (χ1) is 14.0. The average molecular weight is 427 g/mol. The molecule has 29 heavy (non-hydrogen) atoms. The van der Waals surface area contributed by atoms with Gasteiger partial charge in [-0.1, -0.05) is 41.7 Å². The molecule has 0 aliphatic heterocycles. The fourth-order valence-electron chi connectivity index (χ4n) is 2.87. The second kappa shape index (κ2) is 8.14. The summed E-state index contributed by atoms with van der Waals surface area (Å²) < 4.78 is 6.84. The number of aryl methyl sites for hydroxylation is 1. The Hall–Kier alpha value is -3.04. The monoisotopic (exact) mass is 426 g/mol. The molecule has 4 aromatic rings. The van der Waals surface area contributed by atoms with Crippen LogP contribution in [0.4, 0.5) is 5.13 Å². The zero-order valence-electron chi connectivity index (χ0n) is 15.8. The molecule has 4 rings (SSSR count). The van der Waals surface area contributed by atoms with Gasteiger partial charge in [-0.15, -0.1) is 11.3 Å². The maximum atomic E-state index is 12.7. The number of carbonyl (C=O) groups is 2. The minimum absolute atomic E-state index is 0.0916. The van der Waals surface area contributed by atoms with Crippen molar-refractivity contribution in [2.24, 2.45) is 0 Å². The van der Waals surface area contributed by atoms with E-state index in [4.69, 9.17) is 4.74 Å². The first-order valence-electron chi connectivity index (χ1n) is 9.00. The molecule has 9 heteroatoms. The summed E-state index contributed by atoms with van der Waals surface area (Å²) >= 11 is 2.61. The van der Waals surface area contributed by atoms with Gasteiger partial charge < -0.3 is 4.74 Å². The van der Waals surface area contributed by atoms with Gasteiger partial charge in [-0.05, 0) is 13.8 Å². The molecule has 0 saturated heterocycles. The van der Waals surface area contributed by atoms with Crippen LogP contribution in [0.5, 0.6) is 0 Å². The van der Waals surface area contributed by atoms with Gasteiger partial charge in [0, 0.05) is 22.8 Å². The number of esters is 1. The quantitative estimate of drug-likeness (QED) is 0.467. The predicted octanol–water partition coefficient (Wildman–Crippen LogP) is 4.19. The molecule has 0 atom stereocenters. The molecule has 1 N–H and O–H groups in total. The lowest BCUT2D eigenvalue weighted by molar-refractivity contribution is -0.142. The van der Waals surface area contributed by atoms with Crippen molar-refractivity contribution in [3.63, 3.8) is 0 Å². The lowest BCUT2D eigenvalue weighted by Crippen LogP contribution is -2.12. The number of thiazole rings is 2. The molecule has 0 spiro atoms. The Kier molecular flexibility index (Phi) is 5.41. The second-order valence-corrected chi connectivity index (χ2v) is 8.08. The van der Waals surface area contributed by atoms with Crippen LogP contribution in [-0.2, 0) is 16.0 Å². The Morgan fingerprint density at radius 1 is 1.21 bits per heavy atom. The zero-order chi connectivity index (χ0) is 20.4. The van der Waals surface area contributed by atoms with E-state index >= 15 is 0 Å². The first-order valence-corrected chi connectivity index (χ1v) is 10.7. The van der Waals surface area contributed by atoms with Crippen LogP contribution < -0.4 is 5.32 Å². The Bertz CT molecular complexity index is 1180. The van der Waals surface area contributed by atoms with Crippen molar-refractivity contribution >= 4 is 44.6 Å². The molecule has 0 saturated carbocycles. The van der Waals surface area contributed by atoms with Gasteiger partial charge in [0.2, 0.25) is 0 Å². The molecule has 0 radical (unpaired) electrons. The van der Waals surface area contributed by atoms with Crippen molar-refractivity contribution in [2.75, 3.05) is 11.9 Å². The molecule has 1 aromatic carbocycles. The Morgan fingerprint density at radius 2 is 2.00 bits per heavy atom. The highest BCUT2D eigenvalue weighted by Crippen LogP contribution is 2.28. The minimum atomic E-state index is -0.333. The number of imidazole rings is 1. The van der Waals surface area contributed by atoms with E-state index in [-0.39, 0.29) is 18.3 Å². The summed E-state index contributed by atoms with van der Waals surface area (Å²) in [5.74, 6) is -0.573. The number of rotatable bonds is 6. The third-order valence-corrected chi connectivity index (χ3v) is 6.20. The highest BCUT2D eigenvalue weighted by atomic mass is 32.1. The van der Waals surface area contributed by atoms with E-state index in [1.165, 1.54) is 22.7 Å². The number of anilines is 1. The summed E-state index contributed by atoms with van der Waals surface area (Å²) in [4.78, 5) is 34.6. The van der Waals surface area contributed by atoms with Gasteiger partial charge in [-0.2, -0.15) is 0 Å². The number of benzene rings is 1. The summed E-state index contributed by atoms with van der Waals surface area (Å²) in [6.45, 7) is 3.98. The van der Waals surface area contributed by atoms with Gasteiger partial charge >= 0.3 is 5.97 Å². The van der Waals surface area contributed by atoms with Crippen LogP contribution in [0.3, 0.4) is 0 Å². The summed E-state index contributed by atoms with van der Waals surface area (Å²) in [6, 6.07) is 9.92.